The summed E-state index contributed by atoms with van der Waals surface area (Å²) in [7, 11) is 1.32. The molecule has 0 amide bonds. The molecule has 0 N–H and O–H groups in total. The molecule has 0 heterocycles. The fourth-order valence-corrected chi connectivity index (χ4v) is 1.73. The largest absolute Gasteiger partial charge is 0.468 e. The fraction of sp³-hybridized carbons (Fsp3) is 0.778. The fourth-order valence-electron chi connectivity index (χ4n) is 1.73. The number of Topliss-reactive ketones (excluding diaryl/α,β-unsaturated/α-hetero) is 1. The Balaban J connectivity index is 2.86. The van der Waals surface area contributed by atoms with Crippen LogP contribution in [0.15, 0.2) is 0 Å². The maximum absolute atomic E-state index is 11.5. The van der Waals surface area contributed by atoms with Crippen molar-refractivity contribution in [3.8, 4) is 0 Å². The van der Waals surface area contributed by atoms with Crippen LogP contribution in [0.5, 0.6) is 0 Å². The maximum Gasteiger partial charge on any atom is 0.319 e. The van der Waals surface area contributed by atoms with Gasteiger partial charge in [0.2, 0.25) is 0 Å². The average molecular weight is 170 g/mol. The maximum atomic E-state index is 11.5. The number of hydrogen-bond donors (Lipinski definition) is 0. The van der Waals surface area contributed by atoms with Crippen LogP contribution in [0.2, 0.25) is 0 Å². The molecule has 0 aromatic carbocycles. The molecule has 1 rings (SSSR count). The molecule has 3 heteroatoms. The zero-order chi connectivity index (χ0) is 9.35. The zero-order valence-electron chi connectivity index (χ0n) is 7.72. The van der Waals surface area contributed by atoms with E-state index in [-0.39, 0.29) is 11.7 Å². The van der Waals surface area contributed by atoms with Crippen molar-refractivity contribution in [2.45, 2.75) is 26.7 Å². The average Bonchev–Trinajstić information content (AvgIpc) is 2.33. The summed E-state index contributed by atoms with van der Waals surface area (Å²) >= 11 is 0. The third-order valence-electron chi connectivity index (χ3n) is 2.70. The molecule has 0 aromatic rings. The van der Waals surface area contributed by atoms with Gasteiger partial charge < -0.3 is 4.74 Å². The van der Waals surface area contributed by atoms with Crippen molar-refractivity contribution in [2.24, 2.45) is 11.3 Å². The molecule has 1 saturated carbocycles. The predicted molar refractivity (Wildman–Crippen MR) is 43.5 cm³/mol. The Labute approximate surface area is 72.1 Å². The van der Waals surface area contributed by atoms with Crippen LogP contribution in [-0.4, -0.2) is 18.9 Å². The van der Waals surface area contributed by atoms with Crippen LogP contribution in [0.4, 0.5) is 0 Å². The summed E-state index contributed by atoms with van der Waals surface area (Å²) in [6, 6.07) is 0. The van der Waals surface area contributed by atoms with E-state index in [9.17, 15) is 9.59 Å². The number of carbonyl (C=O) groups is 2. The minimum Gasteiger partial charge on any atom is -0.468 e. The van der Waals surface area contributed by atoms with Crippen molar-refractivity contribution < 1.29 is 14.3 Å². The van der Waals surface area contributed by atoms with Gasteiger partial charge in [-0.15, -0.1) is 0 Å². The summed E-state index contributed by atoms with van der Waals surface area (Å²) in [4.78, 5) is 22.8. The predicted octanol–water partition coefficient (Wildman–Crippen LogP) is 1.16. The first-order chi connectivity index (χ1) is 5.52. The number of esters is 1. The monoisotopic (exact) mass is 170 g/mol. The molecule has 0 bridgehead atoms. The van der Waals surface area contributed by atoms with Gasteiger partial charge in [-0.3, -0.25) is 9.59 Å². The van der Waals surface area contributed by atoms with E-state index in [1.807, 2.05) is 6.92 Å². The van der Waals surface area contributed by atoms with Crippen molar-refractivity contribution in [3.63, 3.8) is 0 Å². The number of hydrogen-bond acceptors (Lipinski definition) is 3. The normalized spacial score (nSPS) is 35.2. The number of ether oxygens (including phenoxy) is 1. The van der Waals surface area contributed by atoms with Crippen molar-refractivity contribution in [2.75, 3.05) is 7.11 Å². The Bertz CT molecular complexity index is 222. The lowest BCUT2D eigenvalue weighted by molar-refractivity contribution is -0.155. The molecule has 0 unspecified atom stereocenters. The number of ketones is 1. The lowest BCUT2D eigenvalue weighted by atomic mass is 9.87. The van der Waals surface area contributed by atoms with Crippen molar-refractivity contribution in [1.82, 2.24) is 0 Å². The van der Waals surface area contributed by atoms with Crippen molar-refractivity contribution in [3.05, 3.63) is 0 Å². The summed E-state index contributed by atoms with van der Waals surface area (Å²) in [6.07, 6.45) is 1.42. The molecule has 0 aliphatic heterocycles. The first-order valence-corrected chi connectivity index (χ1v) is 4.15. The molecule has 3 nitrogen and oxygen atoms in total. The standard InChI is InChI=1S/C9H14O3/c1-6-4-5-9(2,7(6)10)8(11)12-3/h6H,4-5H2,1-3H3/t6-,9-/m0/s1. The van der Waals surface area contributed by atoms with Crippen molar-refractivity contribution >= 4 is 11.8 Å². The Morgan fingerprint density at radius 1 is 1.67 bits per heavy atom. The second-order valence-corrected chi connectivity index (χ2v) is 3.63. The van der Waals surface area contributed by atoms with Crippen LogP contribution in [-0.2, 0) is 14.3 Å². The van der Waals surface area contributed by atoms with Gasteiger partial charge in [-0.25, -0.2) is 0 Å². The smallest absolute Gasteiger partial charge is 0.319 e. The van der Waals surface area contributed by atoms with E-state index < -0.39 is 11.4 Å². The van der Waals surface area contributed by atoms with Crippen LogP contribution in [0.25, 0.3) is 0 Å². The lowest BCUT2D eigenvalue weighted by Crippen LogP contribution is -2.34. The van der Waals surface area contributed by atoms with Gasteiger partial charge >= 0.3 is 5.97 Å². The molecular weight excluding hydrogens is 156 g/mol. The molecule has 2 atom stereocenters. The quantitative estimate of drug-likeness (QED) is 0.438. The van der Waals surface area contributed by atoms with E-state index >= 15 is 0 Å². The van der Waals surface area contributed by atoms with Gasteiger partial charge in [-0.05, 0) is 19.8 Å². The van der Waals surface area contributed by atoms with E-state index in [1.165, 1.54) is 7.11 Å². The molecule has 12 heavy (non-hydrogen) atoms. The molecule has 1 fully saturated rings. The molecule has 68 valence electrons. The first kappa shape index (κ1) is 9.23. The molecule has 0 spiro atoms. The van der Waals surface area contributed by atoms with Gasteiger partial charge in [-0.2, -0.15) is 0 Å². The Morgan fingerprint density at radius 2 is 2.25 bits per heavy atom. The van der Waals surface area contributed by atoms with E-state index in [0.717, 1.165) is 6.42 Å². The summed E-state index contributed by atoms with van der Waals surface area (Å²) < 4.78 is 4.60. The van der Waals surface area contributed by atoms with Crippen molar-refractivity contribution in [1.29, 1.82) is 0 Å². The summed E-state index contributed by atoms with van der Waals surface area (Å²) in [5, 5.41) is 0. The minimum absolute atomic E-state index is 0.00843. The van der Waals surface area contributed by atoms with Crippen LogP contribution in [0.3, 0.4) is 0 Å². The van der Waals surface area contributed by atoms with Crippen LogP contribution in [0.1, 0.15) is 26.7 Å². The molecule has 0 saturated heterocycles. The highest BCUT2D eigenvalue weighted by Gasteiger charge is 2.48. The van der Waals surface area contributed by atoms with Gasteiger partial charge in [0.15, 0.2) is 5.78 Å². The van der Waals surface area contributed by atoms with Crippen LogP contribution in [0, 0.1) is 11.3 Å². The summed E-state index contributed by atoms with van der Waals surface area (Å²) in [5.74, 6) is -0.361. The highest BCUT2D eigenvalue weighted by atomic mass is 16.5. The number of carbonyl (C=O) groups excluding carboxylic acids is 2. The molecule has 0 radical (unpaired) electrons. The van der Waals surface area contributed by atoms with E-state index in [1.54, 1.807) is 6.92 Å². The van der Waals surface area contributed by atoms with Gasteiger partial charge in [0.1, 0.15) is 5.41 Å². The van der Waals surface area contributed by atoms with E-state index in [4.69, 9.17) is 0 Å². The molecule has 0 aromatic heterocycles. The van der Waals surface area contributed by atoms with E-state index in [2.05, 4.69) is 4.74 Å². The minimum atomic E-state index is -0.867. The van der Waals surface area contributed by atoms with Crippen LogP contribution >= 0.6 is 0 Å². The Morgan fingerprint density at radius 3 is 2.58 bits per heavy atom. The second-order valence-electron chi connectivity index (χ2n) is 3.63. The van der Waals surface area contributed by atoms with Gasteiger partial charge in [0.25, 0.3) is 0 Å². The van der Waals surface area contributed by atoms with E-state index in [0.29, 0.717) is 6.42 Å². The topological polar surface area (TPSA) is 43.4 Å². The highest BCUT2D eigenvalue weighted by molar-refractivity contribution is 6.05. The SMILES string of the molecule is COC(=O)[C@@]1(C)CC[C@H](C)C1=O. The third kappa shape index (κ3) is 1.13. The Hall–Kier alpha value is -0.860. The summed E-state index contributed by atoms with van der Waals surface area (Å²) in [5.41, 5.74) is -0.867. The van der Waals surface area contributed by atoms with Gasteiger partial charge in [0, 0.05) is 5.92 Å². The first-order valence-electron chi connectivity index (χ1n) is 4.15. The highest BCUT2D eigenvalue weighted by Crippen LogP contribution is 2.38. The van der Waals surface area contributed by atoms with Crippen LogP contribution < -0.4 is 0 Å². The van der Waals surface area contributed by atoms with Gasteiger partial charge in [-0.1, -0.05) is 6.92 Å². The Kier molecular flexibility index (Phi) is 2.22. The zero-order valence-corrected chi connectivity index (χ0v) is 7.72. The number of rotatable bonds is 1. The molecular formula is C9H14O3. The van der Waals surface area contributed by atoms with Gasteiger partial charge in [0.05, 0.1) is 7.11 Å². The number of methoxy groups -OCH3 is 1. The third-order valence-corrected chi connectivity index (χ3v) is 2.70. The second kappa shape index (κ2) is 2.88. The summed E-state index contributed by atoms with van der Waals surface area (Å²) in [6.45, 7) is 3.53. The lowest BCUT2D eigenvalue weighted by Gasteiger charge is -2.18. The molecule has 1 aliphatic carbocycles. The molecule has 1 aliphatic rings.